The topological polar surface area (TPSA) is 98.8 Å². The van der Waals surface area contributed by atoms with E-state index in [1.165, 1.54) is 12.1 Å². The number of hydrogen-bond acceptors (Lipinski definition) is 6. The highest BCUT2D eigenvalue weighted by Crippen LogP contribution is 2.50. The van der Waals surface area contributed by atoms with Crippen LogP contribution in [0.2, 0.25) is 0 Å². The van der Waals surface area contributed by atoms with Crippen molar-refractivity contribution in [3.63, 3.8) is 0 Å². The van der Waals surface area contributed by atoms with E-state index in [0.29, 0.717) is 40.9 Å². The van der Waals surface area contributed by atoms with Crippen molar-refractivity contribution in [2.45, 2.75) is 50.4 Å². The summed E-state index contributed by atoms with van der Waals surface area (Å²) in [5, 5.41) is 6.17. The van der Waals surface area contributed by atoms with Crippen LogP contribution in [0, 0.1) is 11.2 Å². The Hall–Kier alpha value is -4.50. The normalized spacial score (nSPS) is 19.5. The summed E-state index contributed by atoms with van der Waals surface area (Å²) in [5.74, 6) is -0.413. The van der Waals surface area contributed by atoms with Crippen molar-refractivity contribution < 1.29 is 28.2 Å². The Balaban J connectivity index is 1.02. The number of anilines is 2. The molecule has 3 fully saturated rings. The summed E-state index contributed by atoms with van der Waals surface area (Å²) >= 11 is 0. The number of aromatic nitrogens is 1. The van der Waals surface area contributed by atoms with Gasteiger partial charge >= 0.3 is 0 Å². The molecule has 4 aromatic rings. The number of pyridine rings is 1. The predicted molar refractivity (Wildman–Crippen MR) is 150 cm³/mol. The van der Waals surface area contributed by atoms with Crippen LogP contribution in [0.5, 0.6) is 17.2 Å². The molecule has 1 spiro atoms. The summed E-state index contributed by atoms with van der Waals surface area (Å²) < 4.78 is 33.1. The van der Waals surface area contributed by atoms with Crippen molar-refractivity contribution in [3.05, 3.63) is 84.8 Å². The van der Waals surface area contributed by atoms with E-state index in [0.717, 1.165) is 25.7 Å². The Kier molecular flexibility index (Phi) is 6.12. The minimum atomic E-state index is -1.16. The van der Waals surface area contributed by atoms with E-state index in [1.54, 1.807) is 42.6 Å². The van der Waals surface area contributed by atoms with E-state index in [1.807, 2.05) is 24.3 Å². The van der Waals surface area contributed by atoms with Gasteiger partial charge in [-0.15, -0.1) is 0 Å². The first-order chi connectivity index (χ1) is 19.9. The molecule has 1 atom stereocenters. The summed E-state index contributed by atoms with van der Waals surface area (Å²) in [7, 11) is 0. The molecule has 2 amide bonds. The van der Waals surface area contributed by atoms with Gasteiger partial charge in [-0.05, 0) is 74.6 Å². The second-order valence-corrected chi connectivity index (χ2v) is 11.0. The smallest absolute Gasteiger partial charge is 0.240 e. The molecule has 2 aliphatic carbocycles. The first-order valence-corrected chi connectivity index (χ1v) is 13.8. The lowest BCUT2D eigenvalue weighted by Crippen LogP contribution is -2.35. The zero-order valence-electron chi connectivity index (χ0n) is 22.2. The summed E-state index contributed by atoms with van der Waals surface area (Å²) in [6.07, 6.45) is 6.29. The molecule has 41 heavy (non-hydrogen) atoms. The summed E-state index contributed by atoms with van der Waals surface area (Å²) in [6.45, 7) is 0. The summed E-state index contributed by atoms with van der Waals surface area (Å²) in [6, 6.07) is 20.3. The van der Waals surface area contributed by atoms with Crippen molar-refractivity contribution in [3.8, 4) is 17.2 Å². The Bertz CT molecular complexity index is 1650. The highest BCUT2D eigenvalue weighted by Gasteiger charge is 2.56. The van der Waals surface area contributed by atoms with Crippen molar-refractivity contribution in [1.29, 1.82) is 0 Å². The van der Waals surface area contributed by atoms with E-state index in [2.05, 4.69) is 15.6 Å². The number of rotatable bonds is 8. The first kappa shape index (κ1) is 25.5. The van der Waals surface area contributed by atoms with E-state index in [-0.39, 0.29) is 29.2 Å². The molecule has 3 aromatic carbocycles. The number of halogens is 1. The Morgan fingerprint density at radius 1 is 0.854 bits per heavy atom. The molecule has 2 N–H and O–H groups in total. The zero-order chi connectivity index (χ0) is 28.0. The average molecular weight is 554 g/mol. The molecule has 1 aromatic heterocycles. The molecular weight excluding hydrogens is 525 g/mol. The number of fused-ring (bicyclic) bond motifs is 1. The maximum Gasteiger partial charge on any atom is 0.240 e. The summed E-state index contributed by atoms with van der Waals surface area (Å²) in [4.78, 5) is 30.2. The van der Waals surface area contributed by atoms with Gasteiger partial charge in [-0.25, -0.2) is 4.39 Å². The minimum Gasteiger partial charge on any atom is -0.465 e. The molecule has 8 nitrogen and oxygen atoms in total. The fourth-order valence-corrected chi connectivity index (χ4v) is 5.27. The quantitative estimate of drug-likeness (QED) is 0.240. The Morgan fingerprint density at radius 2 is 1.63 bits per heavy atom. The second kappa shape index (κ2) is 9.85. The standard InChI is InChI=1S/C32H28FN3O5/c33-24-18-21(36-30(38)32(15-16-32)29(37)35-20-4-2-1-3-5-20)6-9-27(24)40-26-11-17-34-25-19-22(7-8-23(25)26)39-28-10-12-31(41-28)13-14-31/h1-9,11,17-19,28H,10,12-16H2,(H,35,37)(H,36,38). The fourth-order valence-electron chi connectivity index (χ4n) is 5.27. The van der Waals surface area contributed by atoms with Crippen LogP contribution in [0.15, 0.2) is 79.0 Å². The third-order valence-electron chi connectivity index (χ3n) is 8.03. The third kappa shape index (κ3) is 5.09. The van der Waals surface area contributed by atoms with Gasteiger partial charge in [0.25, 0.3) is 0 Å². The van der Waals surface area contributed by atoms with Crippen molar-refractivity contribution in [1.82, 2.24) is 4.98 Å². The maximum absolute atomic E-state index is 15.1. The highest BCUT2D eigenvalue weighted by atomic mass is 19.1. The highest BCUT2D eigenvalue weighted by molar-refractivity contribution is 6.16. The number of para-hydroxylation sites is 1. The number of carbonyl (C=O) groups excluding carboxylic acids is 2. The Labute approximate surface area is 235 Å². The molecular formula is C32H28FN3O5. The van der Waals surface area contributed by atoms with Crippen molar-refractivity contribution >= 4 is 34.1 Å². The van der Waals surface area contributed by atoms with Crippen LogP contribution in [-0.4, -0.2) is 28.7 Å². The number of amides is 2. The van der Waals surface area contributed by atoms with E-state index in [4.69, 9.17) is 14.2 Å². The average Bonchev–Trinajstić information content (AvgIpc) is 3.89. The van der Waals surface area contributed by atoms with Crippen LogP contribution in [0.25, 0.3) is 10.9 Å². The number of ether oxygens (including phenoxy) is 3. The number of benzene rings is 3. The van der Waals surface area contributed by atoms with Crippen molar-refractivity contribution in [2.75, 3.05) is 10.6 Å². The van der Waals surface area contributed by atoms with Gasteiger partial charge in [-0.3, -0.25) is 14.6 Å². The second-order valence-electron chi connectivity index (χ2n) is 11.0. The maximum atomic E-state index is 15.1. The van der Waals surface area contributed by atoms with E-state index >= 15 is 4.39 Å². The third-order valence-corrected chi connectivity index (χ3v) is 8.03. The van der Waals surface area contributed by atoms with Crippen LogP contribution in [0.4, 0.5) is 15.8 Å². The van der Waals surface area contributed by atoms with Crippen LogP contribution in [0.1, 0.15) is 38.5 Å². The van der Waals surface area contributed by atoms with Crippen LogP contribution in [0.3, 0.4) is 0 Å². The molecule has 3 aliphatic rings. The zero-order valence-corrected chi connectivity index (χ0v) is 22.2. The molecule has 208 valence electrons. The first-order valence-electron chi connectivity index (χ1n) is 13.8. The molecule has 1 unspecified atom stereocenters. The molecule has 2 saturated carbocycles. The van der Waals surface area contributed by atoms with Gasteiger partial charge in [-0.2, -0.15) is 0 Å². The number of nitrogens with one attached hydrogen (secondary N) is 2. The molecule has 7 rings (SSSR count). The lowest BCUT2D eigenvalue weighted by molar-refractivity contribution is -0.131. The monoisotopic (exact) mass is 553 g/mol. The van der Waals surface area contributed by atoms with Gasteiger partial charge in [-0.1, -0.05) is 18.2 Å². The molecule has 0 bridgehead atoms. The van der Waals surface area contributed by atoms with Crippen LogP contribution >= 0.6 is 0 Å². The van der Waals surface area contributed by atoms with Gasteiger partial charge in [0.2, 0.25) is 18.1 Å². The van der Waals surface area contributed by atoms with Gasteiger partial charge in [0, 0.05) is 41.5 Å². The SMILES string of the molecule is O=C(Nc1ccccc1)C1(C(=O)Nc2ccc(Oc3ccnc4cc(OC5CCC6(CC6)O5)ccc34)c(F)c2)CC1. The van der Waals surface area contributed by atoms with Gasteiger partial charge < -0.3 is 24.8 Å². The lowest BCUT2D eigenvalue weighted by Gasteiger charge is -2.16. The van der Waals surface area contributed by atoms with Crippen LogP contribution < -0.4 is 20.1 Å². The van der Waals surface area contributed by atoms with E-state index in [9.17, 15) is 9.59 Å². The van der Waals surface area contributed by atoms with Gasteiger partial charge in [0.05, 0.1) is 11.1 Å². The lowest BCUT2D eigenvalue weighted by atomic mass is 10.0. The van der Waals surface area contributed by atoms with Gasteiger partial charge in [0.1, 0.15) is 16.9 Å². The fraction of sp³-hybridized carbons (Fsp3) is 0.281. The molecule has 1 saturated heterocycles. The molecule has 2 heterocycles. The number of carbonyl (C=O) groups is 2. The van der Waals surface area contributed by atoms with Gasteiger partial charge in [0.15, 0.2) is 11.6 Å². The number of nitrogens with zero attached hydrogens (tertiary/aromatic N) is 1. The van der Waals surface area contributed by atoms with Crippen LogP contribution in [-0.2, 0) is 14.3 Å². The largest absolute Gasteiger partial charge is 0.465 e. The minimum absolute atomic E-state index is 0.00660. The molecule has 9 heteroatoms. The van der Waals surface area contributed by atoms with Crippen molar-refractivity contribution in [2.24, 2.45) is 5.41 Å². The molecule has 0 radical (unpaired) electrons. The molecule has 1 aliphatic heterocycles. The Morgan fingerprint density at radius 3 is 2.34 bits per heavy atom. The summed E-state index contributed by atoms with van der Waals surface area (Å²) in [5.41, 5.74) is 0.378. The predicted octanol–water partition coefficient (Wildman–Crippen LogP) is 6.57. The van der Waals surface area contributed by atoms with E-state index < -0.39 is 17.1 Å². The number of hydrogen-bond donors (Lipinski definition) is 2.